The summed E-state index contributed by atoms with van der Waals surface area (Å²) in [5.74, 6) is 0.965. The van der Waals surface area contributed by atoms with Crippen LogP contribution in [0, 0.1) is 18.3 Å². The highest BCUT2D eigenvalue weighted by Gasteiger charge is 2.40. The molecule has 1 fully saturated rings. The van der Waals surface area contributed by atoms with Gasteiger partial charge in [0.15, 0.2) is 0 Å². The van der Waals surface area contributed by atoms with Crippen molar-refractivity contribution >= 4 is 17.7 Å². The van der Waals surface area contributed by atoms with E-state index >= 15 is 0 Å². The van der Waals surface area contributed by atoms with Gasteiger partial charge in [0.1, 0.15) is 11.3 Å². The maximum Gasteiger partial charge on any atom is 0.277 e. The lowest BCUT2D eigenvalue weighted by Crippen LogP contribution is -2.52. The summed E-state index contributed by atoms with van der Waals surface area (Å²) in [5, 5.41) is 17.6. The van der Waals surface area contributed by atoms with E-state index in [-0.39, 0.29) is 5.91 Å². The van der Waals surface area contributed by atoms with Gasteiger partial charge in [-0.3, -0.25) is 4.79 Å². The molecule has 2 aromatic rings. The van der Waals surface area contributed by atoms with E-state index in [0.717, 1.165) is 37.7 Å². The van der Waals surface area contributed by atoms with Crippen LogP contribution in [0.4, 0.5) is 0 Å². The molecular formula is C18H22N4O3S. The maximum atomic E-state index is 12.8. The van der Waals surface area contributed by atoms with Crippen molar-refractivity contribution in [3.63, 3.8) is 0 Å². The Morgan fingerprint density at radius 2 is 2.12 bits per heavy atom. The largest absolute Gasteiger partial charge is 0.469 e. The van der Waals surface area contributed by atoms with Gasteiger partial charge >= 0.3 is 0 Å². The summed E-state index contributed by atoms with van der Waals surface area (Å²) in [7, 11) is 1.72. The van der Waals surface area contributed by atoms with Crippen molar-refractivity contribution in [3.8, 4) is 17.5 Å². The number of thioether (sulfide) groups is 1. The van der Waals surface area contributed by atoms with Crippen molar-refractivity contribution in [1.82, 2.24) is 15.1 Å². The number of aryl methyl sites for hydroxylation is 1. The van der Waals surface area contributed by atoms with Gasteiger partial charge in [0.25, 0.3) is 11.1 Å². The monoisotopic (exact) mass is 374 g/mol. The third-order valence-corrected chi connectivity index (χ3v) is 5.90. The molecule has 0 bridgehead atoms. The molecule has 3 rings (SSSR count). The first-order chi connectivity index (χ1) is 12.5. The van der Waals surface area contributed by atoms with Gasteiger partial charge in [0, 0.05) is 7.05 Å². The molecular weight excluding hydrogens is 352 g/mol. The first-order valence-electron chi connectivity index (χ1n) is 8.70. The summed E-state index contributed by atoms with van der Waals surface area (Å²) in [6.07, 6.45) is 6.09. The van der Waals surface area contributed by atoms with Gasteiger partial charge in [-0.15, -0.1) is 10.2 Å². The molecule has 26 heavy (non-hydrogen) atoms. The highest BCUT2D eigenvalue weighted by molar-refractivity contribution is 8.00. The van der Waals surface area contributed by atoms with E-state index in [1.165, 1.54) is 11.8 Å². The molecule has 1 atom stereocenters. The maximum absolute atomic E-state index is 12.8. The van der Waals surface area contributed by atoms with E-state index in [1.807, 2.05) is 6.92 Å². The Morgan fingerprint density at radius 1 is 1.38 bits per heavy atom. The molecule has 0 aliphatic heterocycles. The molecule has 1 aliphatic carbocycles. The quantitative estimate of drug-likeness (QED) is 0.734. The normalized spacial score (nSPS) is 17.5. The van der Waals surface area contributed by atoms with Gasteiger partial charge < -0.3 is 13.7 Å². The Morgan fingerprint density at radius 3 is 2.73 bits per heavy atom. The van der Waals surface area contributed by atoms with Crippen LogP contribution in [0.25, 0.3) is 11.5 Å². The van der Waals surface area contributed by atoms with Crippen molar-refractivity contribution in [1.29, 1.82) is 5.26 Å². The lowest BCUT2D eigenvalue weighted by Gasteiger charge is -2.39. The number of aromatic nitrogens is 2. The van der Waals surface area contributed by atoms with Crippen LogP contribution in [0.2, 0.25) is 0 Å². The summed E-state index contributed by atoms with van der Waals surface area (Å²) < 4.78 is 10.9. The molecule has 7 nitrogen and oxygen atoms in total. The number of carbonyl (C=O) groups is 1. The second-order valence-electron chi connectivity index (χ2n) is 6.62. The predicted molar refractivity (Wildman–Crippen MR) is 96.3 cm³/mol. The summed E-state index contributed by atoms with van der Waals surface area (Å²) in [5.41, 5.74) is 0.0454. The van der Waals surface area contributed by atoms with Gasteiger partial charge in [-0.1, -0.05) is 31.0 Å². The lowest BCUT2D eigenvalue weighted by molar-refractivity contribution is -0.133. The zero-order valence-electron chi connectivity index (χ0n) is 15.2. The Bertz CT molecular complexity index is 817. The highest BCUT2D eigenvalue weighted by Crippen LogP contribution is 2.35. The van der Waals surface area contributed by atoms with E-state index in [4.69, 9.17) is 8.83 Å². The SMILES string of the molecule is Cc1occc1-c1nnc(SC(C)C(=O)N(C)C2(C#N)CCCCC2)o1. The number of nitriles is 1. The Hall–Kier alpha value is -2.27. The predicted octanol–water partition coefficient (Wildman–Crippen LogP) is 3.80. The molecule has 0 saturated heterocycles. The van der Waals surface area contributed by atoms with Crippen molar-refractivity contribution in [2.75, 3.05) is 7.05 Å². The second-order valence-corrected chi connectivity index (χ2v) is 7.92. The first-order valence-corrected chi connectivity index (χ1v) is 9.58. The number of nitrogens with zero attached hydrogens (tertiary/aromatic N) is 4. The van der Waals surface area contributed by atoms with Crippen molar-refractivity contribution < 1.29 is 13.6 Å². The zero-order valence-corrected chi connectivity index (χ0v) is 16.0. The summed E-state index contributed by atoms with van der Waals surface area (Å²) in [4.78, 5) is 14.5. The average Bonchev–Trinajstić information content (AvgIpc) is 3.29. The van der Waals surface area contributed by atoms with Gasteiger partial charge in [0.2, 0.25) is 5.91 Å². The Kier molecular flexibility index (Phi) is 5.37. The number of carbonyl (C=O) groups excluding carboxylic acids is 1. The fourth-order valence-electron chi connectivity index (χ4n) is 3.32. The molecule has 1 saturated carbocycles. The molecule has 2 aromatic heterocycles. The van der Waals surface area contributed by atoms with Gasteiger partial charge in [0.05, 0.1) is 23.1 Å². The number of furan rings is 1. The minimum absolute atomic E-state index is 0.0994. The molecule has 1 unspecified atom stereocenters. The van der Waals surface area contributed by atoms with Crippen LogP contribution < -0.4 is 0 Å². The molecule has 1 aliphatic rings. The fraction of sp³-hybridized carbons (Fsp3) is 0.556. The standard InChI is InChI=1S/C18H22N4O3S/c1-12-14(7-10-24-12)15-20-21-17(25-15)26-13(2)16(23)22(3)18(11-19)8-5-4-6-9-18/h7,10,13H,4-6,8-9H2,1-3H3. The summed E-state index contributed by atoms with van der Waals surface area (Å²) >= 11 is 1.21. The number of hydrogen-bond donors (Lipinski definition) is 0. The first kappa shape index (κ1) is 18.5. The van der Waals surface area contributed by atoms with E-state index in [1.54, 1.807) is 31.2 Å². The van der Waals surface area contributed by atoms with Gasteiger partial charge in [-0.25, -0.2) is 0 Å². The molecule has 0 radical (unpaired) electrons. The molecule has 2 heterocycles. The van der Waals surface area contributed by atoms with Crippen LogP contribution >= 0.6 is 11.8 Å². The van der Waals surface area contributed by atoms with E-state index in [9.17, 15) is 10.1 Å². The highest BCUT2D eigenvalue weighted by atomic mass is 32.2. The molecule has 0 spiro atoms. The lowest BCUT2D eigenvalue weighted by atomic mass is 9.81. The molecule has 8 heteroatoms. The molecule has 1 amide bonds. The van der Waals surface area contributed by atoms with Crippen LogP contribution in [0.3, 0.4) is 0 Å². The van der Waals surface area contributed by atoms with Crippen LogP contribution in [0.15, 0.2) is 26.4 Å². The summed E-state index contributed by atoms with van der Waals surface area (Å²) in [6.45, 7) is 3.61. The second kappa shape index (κ2) is 7.54. The fourth-order valence-corrected chi connectivity index (χ4v) is 4.09. The van der Waals surface area contributed by atoms with Crippen LogP contribution in [-0.4, -0.2) is 38.8 Å². The van der Waals surface area contributed by atoms with Crippen molar-refractivity contribution in [3.05, 3.63) is 18.1 Å². The Labute approximate surface area is 156 Å². The van der Waals surface area contributed by atoms with Gasteiger partial charge in [-0.05, 0) is 32.8 Å². The molecule has 138 valence electrons. The van der Waals surface area contributed by atoms with Crippen LogP contribution in [0.1, 0.15) is 44.8 Å². The smallest absolute Gasteiger partial charge is 0.277 e. The number of rotatable bonds is 5. The van der Waals surface area contributed by atoms with E-state index in [2.05, 4.69) is 16.3 Å². The third kappa shape index (κ3) is 3.49. The van der Waals surface area contributed by atoms with E-state index < -0.39 is 10.8 Å². The molecule has 0 N–H and O–H groups in total. The Balaban J connectivity index is 1.69. The number of amides is 1. The minimum atomic E-state index is -0.696. The third-order valence-electron chi connectivity index (χ3n) is 4.98. The molecule has 0 aromatic carbocycles. The van der Waals surface area contributed by atoms with Gasteiger partial charge in [-0.2, -0.15) is 5.26 Å². The minimum Gasteiger partial charge on any atom is -0.469 e. The summed E-state index contributed by atoms with van der Waals surface area (Å²) in [6, 6.07) is 4.14. The van der Waals surface area contributed by atoms with E-state index in [0.29, 0.717) is 16.9 Å². The topological polar surface area (TPSA) is 96.2 Å². The zero-order chi connectivity index (χ0) is 18.7. The van der Waals surface area contributed by atoms with Crippen molar-refractivity contribution in [2.45, 2.75) is 62.0 Å². The van der Waals surface area contributed by atoms with Crippen LogP contribution in [0.5, 0.6) is 0 Å². The van der Waals surface area contributed by atoms with Crippen LogP contribution in [-0.2, 0) is 4.79 Å². The average molecular weight is 374 g/mol. The van der Waals surface area contributed by atoms with Crippen molar-refractivity contribution in [2.24, 2.45) is 0 Å². The number of hydrogen-bond acceptors (Lipinski definition) is 7.